The highest BCUT2D eigenvalue weighted by Crippen LogP contribution is 2.01. The van der Waals surface area contributed by atoms with Crippen LogP contribution in [0.2, 0.25) is 0 Å². The van der Waals surface area contributed by atoms with Crippen molar-refractivity contribution in [3.05, 3.63) is 0 Å². The predicted molar refractivity (Wildman–Crippen MR) is 45.3 cm³/mol. The van der Waals surface area contributed by atoms with Gasteiger partial charge in [0.2, 0.25) is 5.91 Å². The molecule has 0 aromatic carbocycles. The van der Waals surface area contributed by atoms with Gasteiger partial charge in [0.1, 0.15) is 0 Å². The van der Waals surface area contributed by atoms with Gasteiger partial charge in [-0.05, 0) is 5.92 Å². The first-order valence-corrected chi connectivity index (χ1v) is 4.32. The van der Waals surface area contributed by atoms with Crippen molar-refractivity contribution in [2.45, 2.75) is 13.8 Å². The van der Waals surface area contributed by atoms with E-state index in [2.05, 4.69) is 10.8 Å². The van der Waals surface area contributed by atoms with Crippen molar-refractivity contribution in [3.8, 4) is 0 Å². The normalized spacial score (nSPS) is 17.6. The van der Waals surface area contributed by atoms with E-state index in [1.807, 2.05) is 13.8 Å². The van der Waals surface area contributed by atoms with Crippen LogP contribution in [-0.2, 0) is 9.63 Å². The third-order valence-electron chi connectivity index (χ3n) is 1.74. The maximum atomic E-state index is 11.1. The van der Waals surface area contributed by atoms with E-state index in [0.29, 0.717) is 12.5 Å². The molecule has 4 heteroatoms. The highest BCUT2D eigenvalue weighted by molar-refractivity contribution is 5.78. The average Bonchev–Trinajstić information content (AvgIpc) is 1.81. The van der Waals surface area contributed by atoms with Gasteiger partial charge in [-0.1, -0.05) is 13.8 Å². The summed E-state index contributed by atoms with van der Waals surface area (Å²) in [5.74, 6) is 0.552. The van der Waals surface area contributed by atoms with Gasteiger partial charge in [0.25, 0.3) is 0 Å². The number of rotatable bonds is 4. The summed E-state index contributed by atoms with van der Waals surface area (Å²) >= 11 is 0. The monoisotopic (exact) mass is 172 g/mol. The lowest BCUT2D eigenvalue weighted by atomic mass is 10.0. The maximum Gasteiger partial charge on any atom is 0.249 e. The second kappa shape index (κ2) is 4.42. The number of nitrogens with one attached hydrogen (secondary N) is 2. The molecule has 0 atom stereocenters. The molecule has 1 saturated heterocycles. The summed E-state index contributed by atoms with van der Waals surface area (Å²) in [4.78, 5) is 16.1. The molecule has 1 amide bonds. The van der Waals surface area contributed by atoms with E-state index in [-0.39, 0.29) is 11.8 Å². The Bertz CT molecular complexity index is 155. The quantitative estimate of drug-likeness (QED) is 0.583. The van der Waals surface area contributed by atoms with Gasteiger partial charge in [-0.3, -0.25) is 9.63 Å². The number of amides is 1. The Morgan fingerprint density at radius 1 is 1.67 bits per heavy atom. The Morgan fingerprint density at radius 3 is 2.75 bits per heavy atom. The molecule has 0 saturated carbocycles. The van der Waals surface area contributed by atoms with Gasteiger partial charge in [0.05, 0.1) is 12.5 Å². The fourth-order valence-corrected chi connectivity index (χ4v) is 0.837. The molecule has 1 fully saturated rings. The van der Waals surface area contributed by atoms with Crippen molar-refractivity contribution in [1.29, 1.82) is 0 Å². The van der Waals surface area contributed by atoms with E-state index >= 15 is 0 Å². The van der Waals surface area contributed by atoms with E-state index in [9.17, 15) is 4.79 Å². The van der Waals surface area contributed by atoms with Crippen LogP contribution in [0, 0.1) is 11.8 Å². The molecular formula is C8H16N2O2. The minimum Gasteiger partial charge on any atom is -0.315 e. The molecule has 70 valence electrons. The first-order valence-electron chi connectivity index (χ1n) is 4.32. The van der Waals surface area contributed by atoms with Gasteiger partial charge in [-0.2, -0.15) is 0 Å². The summed E-state index contributed by atoms with van der Waals surface area (Å²) in [6, 6.07) is 0. The molecule has 0 aliphatic carbocycles. The summed E-state index contributed by atoms with van der Waals surface area (Å²) < 4.78 is 0. The highest BCUT2D eigenvalue weighted by Gasteiger charge is 2.24. The smallest absolute Gasteiger partial charge is 0.249 e. The van der Waals surface area contributed by atoms with E-state index in [4.69, 9.17) is 4.84 Å². The number of hydroxylamine groups is 1. The predicted octanol–water partition coefficient (Wildman–Crippen LogP) is -0.0904. The van der Waals surface area contributed by atoms with E-state index in [1.165, 1.54) is 0 Å². The van der Waals surface area contributed by atoms with Crippen LogP contribution in [0.5, 0.6) is 0 Å². The van der Waals surface area contributed by atoms with Crippen molar-refractivity contribution in [2.75, 3.05) is 19.7 Å². The van der Waals surface area contributed by atoms with Crippen molar-refractivity contribution in [2.24, 2.45) is 11.8 Å². The Morgan fingerprint density at radius 2 is 2.33 bits per heavy atom. The SMILES string of the molecule is CC(C)CONC(=O)C1CNC1. The summed E-state index contributed by atoms with van der Waals surface area (Å²) in [6.45, 7) is 6.20. The molecule has 1 heterocycles. The lowest BCUT2D eigenvalue weighted by molar-refractivity contribution is -0.140. The molecule has 4 nitrogen and oxygen atoms in total. The molecule has 0 radical (unpaired) electrons. The zero-order valence-corrected chi connectivity index (χ0v) is 7.59. The molecule has 1 aliphatic rings. The average molecular weight is 172 g/mol. The van der Waals surface area contributed by atoms with Crippen LogP contribution in [0.4, 0.5) is 0 Å². The summed E-state index contributed by atoms with van der Waals surface area (Å²) in [5.41, 5.74) is 2.44. The number of carbonyl (C=O) groups excluding carboxylic acids is 1. The first-order chi connectivity index (χ1) is 5.70. The van der Waals surface area contributed by atoms with E-state index < -0.39 is 0 Å². The fourth-order valence-electron chi connectivity index (χ4n) is 0.837. The van der Waals surface area contributed by atoms with E-state index in [0.717, 1.165) is 13.1 Å². The van der Waals surface area contributed by atoms with Crippen LogP contribution in [0.1, 0.15) is 13.8 Å². The minimum atomic E-state index is -0.00519. The minimum absolute atomic E-state index is 0.00519. The number of hydrogen-bond donors (Lipinski definition) is 2. The second-order valence-corrected chi connectivity index (χ2v) is 3.53. The van der Waals surface area contributed by atoms with Crippen LogP contribution in [0.3, 0.4) is 0 Å². The first kappa shape index (κ1) is 9.48. The molecule has 0 bridgehead atoms. The summed E-state index contributed by atoms with van der Waals surface area (Å²) in [5, 5.41) is 3.02. The maximum absolute atomic E-state index is 11.1. The Hall–Kier alpha value is -0.610. The largest absolute Gasteiger partial charge is 0.315 e. The van der Waals surface area contributed by atoms with E-state index in [1.54, 1.807) is 0 Å². The molecule has 0 aromatic rings. The summed E-state index contributed by atoms with van der Waals surface area (Å²) in [6.07, 6.45) is 0. The number of hydrogen-bond acceptors (Lipinski definition) is 3. The highest BCUT2D eigenvalue weighted by atomic mass is 16.6. The van der Waals surface area contributed by atoms with Gasteiger partial charge in [-0.25, -0.2) is 5.48 Å². The molecule has 0 spiro atoms. The molecule has 1 aliphatic heterocycles. The summed E-state index contributed by atoms with van der Waals surface area (Å²) in [7, 11) is 0. The topological polar surface area (TPSA) is 50.4 Å². The van der Waals surface area contributed by atoms with Crippen molar-refractivity contribution >= 4 is 5.91 Å². The molecule has 1 rings (SSSR count). The molecule has 2 N–H and O–H groups in total. The van der Waals surface area contributed by atoms with Crippen molar-refractivity contribution < 1.29 is 9.63 Å². The standard InChI is InChI=1S/C8H16N2O2/c1-6(2)5-12-10-8(11)7-3-9-4-7/h6-7,9H,3-5H2,1-2H3,(H,10,11). The van der Waals surface area contributed by atoms with Gasteiger partial charge in [0, 0.05) is 13.1 Å². The Labute approximate surface area is 72.6 Å². The molecule has 0 aromatic heterocycles. The lowest BCUT2D eigenvalue weighted by Gasteiger charge is -2.25. The van der Waals surface area contributed by atoms with Crippen molar-refractivity contribution in [1.82, 2.24) is 10.8 Å². The zero-order chi connectivity index (χ0) is 8.97. The van der Waals surface area contributed by atoms with Crippen LogP contribution in [-0.4, -0.2) is 25.6 Å². The number of carbonyl (C=O) groups is 1. The third kappa shape index (κ3) is 2.79. The van der Waals surface area contributed by atoms with Gasteiger partial charge >= 0.3 is 0 Å². The van der Waals surface area contributed by atoms with Gasteiger partial charge in [0.15, 0.2) is 0 Å². The lowest BCUT2D eigenvalue weighted by Crippen LogP contribution is -2.50. The molecule has 0 unspecified atom stereocenters. The third-order valence-corrected chi connectivity index (χ3v) is 1.74. The fraction of sp³-hybridized carbons (Fsp3) is 0.875. The van der Waals surface area contributed by atoms with Gasteiger partial charge < -0.3 is 5.32 Å². The van der Waals surface area contributed by atoms with Crippen molar-refractivity contribution in [3.63, 3.8) is 0 Å². The van der Waals surface area contributed by atoms with Crippen LogP contribution in [0.25, 0.3) is 0 Å². The second-order valence-electron chi connectivity index (χ2n) is 3.53. The Kier molecular flexibility index (Phi) is 3.49. The Balaban J connectivity index is 2.02. The van der Waals surface area contributed by atoms with Crippen LogP contribution >= 0.6 is 0 Å². The van der Waals surface area contributed by atoms with Crippen LogP contribution < -0.4 is 10.8 Å². The zero-order valence-electron chi connectivity index (χ0n) is 7.59. The molecule has 12 heavy (non-hydrogen) atoms. The molecular weight excluding hydrogens is 156 g/mol. The van der Waals surface area contributed by atoms with Crippen LogP contribution in [0.15, 0.2) is 0 Å². The van der Waals surface area contributed by atoms with Gasteiger partial charge in [-0.15, -0.1) is 0 Å².